The Balaban J connectivity index is 2.09. The molecule has 2 saturated heterocycles. The second-order valence-corrected chi connectivity index (χ2v) is 6.84. The van der Waals surface area contributed by atoms with Gasteiger partial charge in [0.15, 0.2) is 0 Å². The van der Waals surface area contributed by atoms with E-state index in [-0.39, 0.29) is 17.9 Å². The summed E-state index contributed by atoms with van der Waals surface area (Å²) in [7, 11) is 0. The number of nitrogens with one attached hydrogen (secondary N) is 2. The molecule has 0 aromatic carbocycles. The topological polar surface area (TPSA) is 98.7 Å². The lowest BCUT2D eigenvalue weighted by molar-refractivity contribution is -0.142. The van der Waals surface area contributed by atoms with Gasteiger partial charge < -0.3 is 20.6 Å². The summed E-state index contributed by atoms with van der Waals surface area (Å²) in [4.78, 5) is 37.1. The van der Waals surface area contributed by atoms with Crippen LogP contribution in [-0.2, 0) is 9.59 Å². The summed E-state index contributed by atoms with van der Waals surface area (Å²) in [5, 5.41) is 14.7. The van der Waals surface area contributed by atoms with Crippen molar-refractivity contribution in [3.63, 3.8) is 0 Å². The zero-order chi connectivity index (χ0) is 15.8. The number of fused-ring (bicyclic) bond motifs is 1. The number of nitrogens with zero attached hydrogens (tertiary/aromatic N) is 1. The molecule has 0 aliphatic carbocycles. The first-order chi connectivity index (χ1) is 9.71. The molecule has 7 nitrogen and oxygen atoms in total. The van der Waals surface area contributed by atoms with E-state index in [4.69, 9.17) is 0 Å². The molecular weight excluding hydrogens is 274 g/mol. The molecule has 21 heavy (non-hydrogen) atoms. The van der Waals surface area contributed by atoms with Crippen LogP contribution in [0.25, 0.3) is 0 Å². The van der Waals surface area contributed by atoms with E-state index in [9.17, 15) is 19.5 Å². The van der Waals surface area contributed by atoms with Gasteiger partial charge in [0.05, 0.1) is 12.0 Å². The molecule has 2 heterocycles. The Morgan fingerprint density at radius 1 is 1.43 bits per heavy atom. The third-order valence-corrected chi connectivity index (χ3v) is 4.24. The van der Waals surface area contributed by atoms with Crippen LogP contribution in [0.4, 0.5) is 4.79 Å². The second kappa shape index (κ2) is 5.54. The lowest BCUT2D eigenvalue weighted by Crippen LogP contribution is -2.58. The predicted octanol–water partition coefficient (Wildman–Crippen LogP) is 0.406. The minimum Gasteiger partial charge on any atom is -0.480 e. The van der Waals surface area contributed by atoms with Crippen molar-refractivity contribution in [2.24, 2.45) is 11.3 Å². The number of hydrogen-bond acceptors (Lipinski definition) is 3. The quantitative estimate of drug-likeness (QED) is 0.687. The minimum atomic E-state index is -1.05. The van der Waals surface area contributed by atoms with Gasteiger partial charge in [0.25, 0.3) is 0 Å². The lowest BCUT2D eigenvalue weighted by atomic mass is 9.86. The minimum absolute atomic E-state index is 0.0110. The number of aliphatic carboxylic acids is 1. The summed E-state index contributed by atoms with van der Waals surface area (Å²) in [6, 6.07) is -1.53. The van der Waals surface area contributed by atoms with Crippen molar-refractivity contribution in [3.8, 4) is 0 Å². The van der Waals surface area contributed by atoms with Crippen molar-refractivity contribution < 1.29 is 19.5 Å². The van der Waals surface area contributed by atoms with Crippen LogP contribution in [0.1, 0.15) is 33.6 Å². The van der Waals surface area contributed by atoms with Crippen molar-refractivity contribution in [1.29, 1.82) is 0 Å². The highest BCUT2D eigenvalue weighted by atomic mass is 16.4. The lowest BCUT2D eigenvalue weighted by Gasteiger charge is -2.38. The molecule has 0 aromatic rings. The van der Waals surface area contributed by atoms with Gasteiger partial charge in [0, 0.05) is 13.1 Å². The first kappa shape index (κ1) is 15.6. The molecule has 0 aromatic heterocycles. The van der Waals surface area contributed by atoms with Gasteiger partial charge in [-0.1, -0.05) is 20.8 Å². The van der Waals surface area contributed by atoms with E-state index in [1.54, 1.807) is 25.7 Å². The zero-order valence-corrected chi connectivity index (χ0v) is 12.7. The van der Waals surface area contributed by atoms with Crippen molar-refractivity contribution in [3.05, 3.63) is 0 Å². The van der Waals surface area contributed by atoms with Crippen LogP contribution in [0, 0.1) is 11.3 Å². The number of amides is 3. The Labute approximate surface area is 124 Å². The third-order valence-electron chi connectivity index (χ3n) is 4.24. The smallest absolute Gasteiger partial charge is 0.326 e. The molecule has 3 atom stereocenters. The summed E-state index contributed by atoms with van der Waals surface area (Å²) >= 11 is 0. The van der Waals surface area contributed by atoms with E-state index >= 15 is 0 Å². The Morgan fingerprint density at radius 3 is 2.67 bits per heavy atom. The van der Waals surface area contributed by atoms with Crippen molar-refractivity contribution in [2.75, 3.05) is 13.1 Å². The van der Waals surface area contributed by atoms with Gasteiger partial charge in [-0.2, -0.15) is 0 Å². The molecule has 2 aliphatic rings. The van der Waals surface area contributed by atoms with E-state index in [0.717, 1.165) is 12.8 Å². The molecule has 0 saturated carbocycles. The van der Waals surface area contributed by atoms with Crippen molar-refractivity contribution in [2.45, 2.75) is 45.7 Å². The number of hydrogen-bond donors (Lipinski definition) is 3. The number of urea groups is 1. The summed E-state index contributed by atoms with van der Waals surface area (Å²) in [5.74, 6) is -1.23. The average molecular weight is 297 g/mol. The van der Waals surface area contributed by atoms with Crippen LogP contribution >= 0.6 is 0 Å². The SMILES string of the molecule is CC(C)(C)C(NC(=O)N1CCCC2C(=O)NCC21)C(=O)O. The average Bonchev–Trinajstić information content (AvgIpc) is 2.76. The Bertz CT molecular complexity index is 458. The summed E-state index contributed by atoms with van der Waals surface area (Å²) in [6.45, 7) is 6.31. The molecule has 3 N–H and O–H groups in total. The van der Waals surface area contributed by atoms with Crippen LogP contribution in [0.5, 0.6) is 0 Å². The van der Waals surface area contributed by atoms with E-state index in [1.165, 1.54) is 0 Å². The number of rotatable bonds is 2. The van der Waals surface area contributed by atoms with Gasteiger partial charge in [0.1, 0.15) is 6.04 Å². The summed E-state index contributed by atoms with van der Waals surface area (Å²) in [6.07, 6.45) is 1.54. The van der Waals surface area contributed by atoms with Gasteiger partial charge in [-0.25, -0.2) is 9.59 Å². The van der Waals surface area contributed by atoms with Crippen LogP contribution in [-0.4, -0.2) is 53.1 Å². The summed E-state index contributed by atoms with van der Waals surface area (Å²) < 4.78 is 0. The molecule has 0 bridgehead atoms. The number of carbonyl (C=O) groups is 3. The van der Waals surface area contributed by atoms with Gasteiger partial charge in [0.2, 0.25) is 5.91 Å². The highest BCUT2D eigenvalue weighted by Crippen LogP contribution is 2.28. The fourth-order valence-electron chi connectivity index (χ4n) is 3.06. The first-order valence-corrected chi connectivity index (χ1v) is 7.29. The highest BCUT2D eigenvalue weighted by Gasteiger charge is 2.44. The zero-order valence-electron chi connectivity index (χ0n) is 12.7. The normalized spacial score (nSPS) is 26.8. The molecule has 7 heteroatoms. The van der Waals surface area contributed by atoms with Crippen LogP contribution in [0.3, 0.4) is 0 Å². The van der Waals surface area contributed by atoms with Gasteiger partial charge in [-0.3, -0.25) is 4.79 Å². The molecular formula is C14H23N3O4. The maximum absolute atomic E-state index is 12.4. The van der Waals surface area contributed by atoms with Crippen molar-refractivity contribution >= 4 is 17.9 Å². The second-order valence-electron chi connectivity index (χ2n) is 6.84. The Kier molecular flexibility index (Phi) is 4.11. The summed E-state index contributed by atoms with van der Waals surface area (Å²) in [5.41, 5.74) is -0.583. The van der Waals surface area contributed by atoms with E-state index in [1.807, 2.05) is 0 Å². The highest BCUT2D eigenvalue weighted by molar-refractivity contribution is 5.86. The van der Waals surface area contributed by atoms with Crippen molar-refractivity contribution in [1.82, 2.24) is 15.5 Å². The van der Waals surface area contributed by atoms with Crippen LogP contribution in [0.2, 0.25) is 0 Å². The molecule has 0 radical (unpaired) electrons. The van der Waals surface area contributed by atoms with E-state index in [0.29, 0.717) is 13.1 Å². The maximum atomic E-state index is 12.4. The molecule has 3 amide bonds. The maximum Gasteiger partial charge on any atom is 0.326 e. The van der Waals surface area contributed by atoms with Crippen LogP contribution in [0.15, 0.2) is 0 Å². The van der Waals surface area contributed by atoms with E-state index in [2.05, 4.69) is 10.6 Å². The Morgan fingerprint density at radius 2 is 2.10 bits per heavy atom. The van der Waals surface area contributed by atoms with Gasteiger partial charge >= 0.3 is 12.0 Å². The molecule has 0 spiro atoms. The number of likely N-dealkylation sites (tertiary alicyclic amines) is 1. The monoisotopic (exact) mass is 297 g/mol. The van der Waals surface area contributed by atoms with Gasteiger partial charge in [-0.05, 0) is 18.3 Å². The van der Waals surface area contributed by atoms with E-state index < -0.39 is 23.5 Å². The number of carboxylic acid groups (broad SMARTS) is 1. The fraction of sp³-hybridized carbons (Fsp3) is 0.786. The molecule has 2 aliphatic heterocycles. The standard InChI is InChI=1S/C14H23N3O4/c1-14(2,3)10(12(19)20)16-13(21)17-6-4-5-8-9(17)7-15-11(8)18/h8-10H,4-7H2,1-3H3,(H,15,18)(H,16,21)(H,19,20). The fourth-order valence-corrected chi connectivity index (χ4v) is 3.06. The predicted molar refractivity (Wildman–Crippen MR) is 75.6 cm³/mol. The first-order valence-electron chi connectivity index (χ1n) is 7.29. The molecule has 2 fully saturated rings. The molecule has 118 valence electrons. The number of carbonyl (C=O) groups excluding carboxylic acids is 2. The van der Waals surface area contributed by atoms with Gasteiger partial charge in [-0.15, -0.1) is 0 Å². The molecule has 2 rings (SSSR count). The van der Waals surface area contributed by atoms with Crippen LogP contribution < -0.4 is 10.6 Å². The Hall–Kier alpha value is -1.79. The number of piperidine rings is 1. The largest absolute Gasteiger partial charge is 0.480 e. The third kappa shape index (κ3) is 3.11. The number of carboxylic acids is 1. The molecule has 3 unspecified atom stereocenters.